The van der Waals surface area contributed by atoms with Crippen molar-refractivity contribution < 1.29 is 9.53 Å². The summed E-state index contributed by atoms with van der Waals surface area (Å²) in [5, 5.41) is 0. The van der Waals surface area contributed by atoms with Crippen LogP contribution >= 0.6 is 0 Å². The molecule has 0 bridgehead atoms. The highest BCUT2D eigenvalue weighted by atomic mass is 16.5. The molecule has 1 fully saturated rings. The molecule has 0 atom stereocenters. The molecule has 1 amide bonds. The van der Waals surface area contributed by atoms with E-state index in [0.717, 1.165) is 25.7 Å². The van der Waals surface area contributed by atoms with Crippen LogP contribution in [-0.2, 0) is 4.74 Å². The largest absolute Gasteiger partial charge is 0.453 e. The smallest absolute Gasteiger partial charge is 0.409 e. The van der Waals surface area contributed by atoms with Crippen LogP contribution in [0.15, 0.2) is 0 Å². The summed E-state index contributed by atoms with van der Waals surface area (Å²) < 4.78 is 4.72. The number of ether oxygens (including phenoxy) is 1. The molecule has 0 heterocycles. The quantitative estimate of drug-likeness (QED) is 0.732. The number of carbonyl (C=O) groups is 1. The van der Waals surface area contributed by atoms with E-state index in [1.165, 1.54) is 13.5 Å². The summed E-state index contributed by atoms with van der Waals surface area (Å²) >= 11 is 0. The predicted molar refractivity (Wildman–Crippen MR) is 55.0 cm³/mol. The third-order valence-electron chi connectivity index (χ3n) is 3.32. The normalized spacial score (nSPS) is 20.2. The van der Waals surface area contributed by atoms with Gasteiger partial charge in [-0.3, -0.25) is 0 Å². The second-order valence-corrected chi connectivity index (χ2v) is 4.02. The first kappa shape index (κ1) is 11.3. The predicted octanol–water partition coefficient (Wildman–Crippen LogP) is 1.35. The molecule has 0 aliphatic heterocycles. The lowest BCUT2D eigenvalue weighted by molar-refractivity contribution is 0.0605. The molecule has 1 rings (SSSR count). The van der Waals surface area contributed by atoms with Crippen molar-refractivity contribution >= 4 is 6.09 Å². The number of rotatable bonds is 2. The first-order valence-corrected chi connectivity index (χ1v) is 5.18. The van der Waals surface area contributed by atoms with Gasteiger partial charge in [0.05, 0.1) is 12.6 Å². The average Bonchev–Trinajstić information content (AvgIpc) is 2.28. The highest BCUT2D eigenvalue weighted by Gasteiger charge is 2.37. The summed E-state index contributed by atoms with van der Waals surface area (Å²) in [6.45, 7) is 0.526. The molecule has 2 N–H and O–H groups in total. The summed E-state index contributed by atoms with van der Waals surface area (Å²) in [5.74, 6) is 0. The number of hydrogen-bond donors (Lipinski definition) is 1. The summed E-state index contributed by atoms with van der Waals surface area (Å²) in [6, 6.07) is 0. The maximum Gasteiger partial charge on any atom is 0.409 e. The molecule has 0 radical (unpaired) electrons. The van der Waals surface area contributed by atoms with E-state index in [1.807, 2.05) is 0 Å². The molecule has 4 heteroatoms. The fourth-order valence-corrected chi connectivity index (χ4v) is 2.22. The molecular weight excluding hydrogens is 180 g/mol. The Bertz CT molecular complexity index is 200. The van der Waals surface area contributed by atoms with Gasteiger partial charge < -0.3 is 15.4 Å². The highest BCUT2D eigenvalue weighted by molar-refractivity contribution is 5.68. The summed E-state index contributed by atoms with van der Waals surface area (Å²) in [6.07, 6.45) is 5.26. The molecule has 82 valence electrons. The second-order valence-electron chi connectivity index (χ2n) is 4.02. The van der Waals surface area contributed by atoms with Gasteiger partial charge in [0.25, 0.3) is 0 Å². The van der Waals surface area contributed by atoms with Gasteiger partial charge in [-0.25, -0.2) is 4.79 Å². The first-order valence-electron chi connectivity index (χ1n) is 5.18. The third kappa shape index (κ3) is 2.00. The number of hydrogen-bond acceptors (Lipinski definition) is 3. The Labute approximate surface area is 85.4 Å². The molecule has 0 saturated heterocycles. The molecule has 0 aromatic heterocycles. The van der Waals surface area contributed by atoms with Crippen LogP contribution in [0.1, 0.15) is 32.1 Å². The van der Waals surface area contributed by atoms with Gasteiger partial charge in [0.2, 0.25) is 0 Å². The molecule has 1 aliphatic carbocycles. The highest BCUT2D eigenvalue weighted by Crippen LogP contribution is 2.32. The zero-order valence-electron chi connectivity index (χ0n) is 9.08. The van der Waals surface area contributed by atoms with Crippen LogP contribution in [0, 0.1) is 0 Å². The van der Waals surface area contributed by atoms with Gasteiger partial charge in [-0.15, -0.1) is 0 Å². The van der Waals surface area contributed by atoms with Gasteiger partial charge in [-0.1, -0.05) is 19.3 Å². The first-order chi connectivity index (χ1) is 6.66. The fourth-order valence-electron chi connectivity index (χ4n) is 2.22. The Hall–Kier alpha value is -0.770. The molecule has 0 unspecified atom stereocenters. The van der Waals surface area contributed by atoms with Crippen LogP contribution in [0.25, 0.3) is 0 Å². The van der Waals surface area contributed by atoms with Gasteiger partial charge >= 0.3 is 6.09 Å². The molecule has 14 heavy (non-hydrogen) atoms. The zero-order chi connectivity index (χ0) is 10.6. The van der Waals surface area contributed by atoms with E-state index >= 15 is 0 Å². The minimum atomic E-state index is -0.280. The van der Waals surface area contributed by atoms with E-state index in [2.05, 4.69) is 0 Å². The molecular formula is C10H20N2O2. The topological polar surface area (TPSA) is 55.6 Å². The van der Waals surface area contributed by atoms with Crippen LogP contribution in [0.2, 0.25) is 0 Å². The molecule has 4 nitrogen and oxygen atoms in total. The van der Waals surface area contributed by atoms with E-state index in [0.29, 0.717) is 6.54 Å². The Kier molecular flexibility index (Phi) is 3.75. The SMILES string of the molecule is COC(=O)N(C)C1(CN)CCCCC1. The van der Waals surface area contributed by atoms with Crippen LogP contribution in [-0.4, -0.2) is 37.2 Å². The third-order valence-corrected chi connectivity index (χ3v) is 3.32. The van der Waals surface area contributed by atoms with Crippen molar-refractivity contribution in [3.05, 3.63) is 0 Å². The Balaban J connectivity index is 2.71. The standard InChI is InChI=1S/C10H20N2O2/c1-12(9(13)14-2)10(8-11)6-4-3-5-7-10/h3-8,11H2,1-2H3. The summed E-state index contributed by atoms with van der Waals surface area (Å²) in [7, 11) is 3.19. The monoisotopic (exact) mass is 200 g/mol. The van der Waals surface area contributed by atoms with Gasteiger partial charge in [0.15, 0.2) is 0 Å². The Morgan fingerprint density at radius 1 is 1.43 bits per heavy atom. The van der Waals surface area contributed by atoms with E-state index in [1.54, 1.807) is 11.9 Å². The van der Waals surface area contributed by atoms with Gasteiger partial charge in [0.1, 0.15) is 0 Å². The molecule has 0 spiro atoms. The number of carbonyl (C=O) groups excluding carboxylic acids is 1. The number of nitrogens with zero attached hydrogens (tertiary/aromatic N) is 1. The number of methoxy groups -OCH3 is 1. The van der Waals surface area contributed by atoms with Crippen molar-refractivity contribution in [2.75, 3.05) is 20.7 Å². The maximum absolute atomic E-state index is 11.4. The van der Waals surface area contributed by atoms with Gasteiger partial charge in [0, 0.05) is 13.6 Å². The van der Waals surface area contributed by atoms with Crippen LogP contribution in [0.4, 0.5) is 4.79 Å². The van der Waals surface area contributed by atoms with E-state index in [4.69, 9.17) is 10.5 Å². The van der Waals surface area contributed by atoms with E-state index in [-0.39, 0.29) is 11.6 Å². The lowest BCUT2D eigenvalue weighted by Crippen LogP contribution is -2.55. The van der Waals surface area contributed by atoms with Crippen LogP contribution in [0.3, 0.4) is 0 Å². The van der Waals surface area contributed by atoms with E-state index in [9.17, 15) is 4.79 Å². The lowest BCUT2D eigenvalue weighted by Gasteiger charge is -2.42. The fraction of sp³-hybridized carbons (Fsp3) is 0.900. The number of nitrogens with two attached hydrogens (primary N) is 1. The van der Waals surface area contributed by atoms with Gasteiger partial charge in [-0.2, -0.15) is 0 Å². The van der Waals surface area contributed by atoms with Crippen molar-refractivity contribution in [1.29, 1.82) is 0 Å². The molecule has 0 aromatic carbocycles. The molecule has 0 aromatic rings. The average molecular weight is 200 g/mol. The minimum Gasteiger partial charge on any atom is -0.453 e. The summed E-state index contributed by atoms with van der Waals surface area (Å²) in [5.41, 5.74) is 5.62. The summed E-state index contributed by atoms with van der Waals surface area (Å²) in [4.78, 5) is 13.1. The lowest BCUT2D eigenvalue weighted by atomic mass is 9.81. The minimum absolute atomic E-state index is 0.161. The molecule has 1 saturated carbocycles. The van der Waals surface area contributed by atoms with Crippen molar-refractivity contribution in [2.45, 2.75) is 37.6 Å². The molecule has 1 aliphatic rings. The van der Waals surface area contributed by atoms with Crippen LogP contribution in [0.5, 0.6) is 0 Å². The van der Waals surface area contributed by atoms with Crippen molar-refractivity contribution in [3.63, 3.8) is 0 Å². The second kappa shape index (κ2) is 4.64. The maximum atomic E-state index is 11.4. The van der Waals surface area contributed by atoms with Crippen molar-refractivity contribution in [2.24, 2.45) is 5.73 Å². The number of likely N-dealkylation sites (N-methyl/N-ethyl adjacent to an activating group) is 1. The van der Waals surface area contributed by atoms with Crippen molar-refractivity contribution in [3.8, 4) is 0 Å². The zero-order valence-corrected chi connectivity index (χ0v) is 9.08. The van der Waals surface area contributed by atoms with E-state index < -0.39 is 0 Å². The number of amides is 1. The van der Waals surface area contributed by atoms with Crippen molar-refractivity contribution in [1.82, 2.24) is 4.90 Å². The van der Waals surface area contributed by atoms with Gasteiger partial charge in [-0.05, 0) is 12.8 Å². The Morgan fingerprint density at radius 2 is 2.00 bits per heavy atom. The van der Waals surface area contributed by atoms with Crippen LogP contribution < -0.4 is 5.73 Å². The Morgan fingerprint density at radius 3 is 2.43 bits per heavy atom.